The van der Waals surface area contributed by atoms with Gasteiger partial charge in [0.2, 0.25) is 0 Å². The highest BCUT2D eigenvalue weighted by atomic mass is 16.5. The van der Waals surface area contributed by atoms with Crippen LogP contribution in [0.4, 0.5) is 5.69 Å². The van der Waals surface area contributed by atoms with Gasteiger partial charge in [-0.2, -0.15) is 5.06 Å². The maximum Gasteiger partial charge on any atom is 0.281 e. The number of para-hydroxylation sites is 2. The van der Waals surface area contributed by atoms with Crippen LogP contribution in [0.15, 0.2) is 48.5 Å². The lowest BCUT2D eigenvalue weighted by Crippen LogP contribution is -2.40. The van der Waals surface area contributed by atoms with Gasteiger partial charge in [0.05, 0.1) is 5.56 Å². The van der Waals surface area contributed by atoms with Gasteiger partial charge < -0.3 is 10.4 Å². The van der Waals surface area contributed by atoms with Gasteiger partial charge in [0.25, 0.3) is 5.91 Å². The Morgan fingerprint density at radius 3 is 2.53 bits per heavy atom. The summed E-state index contributed by atoms with van der Waals surface area (Å²) in [6, 6.07) is 13.5. The maximum absolute atomic E-state index is 12.1. The standard InChI is InChI=1S/C14H12N2O3/c17-12-8-4-2-6-10(12)13-15-11-7-3-1-5-9(11)14(18)16(13)19/h1-8,13,15,17,19H/t13-/m1/s1. The molecular formula is C14H12N2O3. The minimum absolute atomic E-state index is 0.0197. The largest absolute Gasteiger partial charge is 0.508 e. The van der Waals surface area contributed by atoms with Crippen molar-refractivity contribution in [1.29, 1.82) is 0 Å². The van der Waals surface area contributed by atoms with Crippen molar-refractivity contribution in [2.45, 2.75) is 6.17 Å². The molecule has 0 unspecified atom stereocenters. The Labute approximate surface area is 109 Å². The van der Waals surface area contributed by atoms with Crippen molar-refractivity contribution < 1.29 is 15.1 Å². The molecule has 2 aromatic carbocycles. The number of benzene rings is 2. The number of hydrogen-bond acceptors (Lipinski definition) is 4. The SMILES string of the molecule is O=C1c2ccccc2N[C@@H](c2ccccc2O)N1O. The van der Waals surface area contributed by atoms with E-state index >= 15 is 0 Å². The molecular weight excluding hydrogens is 244 g/mol. The van der Waals surface area contributed by atoms with Crippen LogP contribution in [0.3, 0.4) is 0 Å². The van der Waals surface area contributed by atoms with Crippen LogP contribution in [-0.4, -0.2) is 21.3 Å². The van der Waals surface area contributed by atoms with Crippen molar-refractivity contribution in [2.75, 3.05) is 5.32 Å². The van der Waals surface area contributed by atoms with Gasteiger partial charge in [0.1, 0.15) is 5.75 Å². The summed E-state index contributed by atoms with van der Waals surface area (Å²) in [5, 5.41) is 23.4. The van der Waals surface area contributed by atoms with E-state index in [-0.39, 0.29) is 5.75 Å². The van der Waals surface area contributed by atoms with Crippen LogP contribution < -0.4 is 5.32 Å². The number of carbonyl (C=O) groups excluding carboxylic acids is 1. The molecule has 0 aliphatic carbocycles. The molecule has 19 heavy (non-hydrogen) atoms. The molecule has 1 heterocycles. The van der Waals surface area contributed by atoms with Gasteiger partial charge >= 0.3 is 0 Å². The minimum atomic E-state index is -0.802. The van der Waals surface area contributed by atoms with Crippen LogP contribution in [-0.2, 0) is 0 Å². The average molecular weight is 256 g/mol. The summed E-state index contributed by atoms with van der Waals surface area (Å²) in [7, 11) is 0. The summed E-state index contributed by atoms with van der Waals surface area (Å²) in [5.74, 6) is -0.478. The molecule has 96 valence electrons. The monoisotopic (exact) mass is 256 g/mol. The van der Waals surface area contributed by atoms with Gasteiger partial charge in [-0.05, 0) is 18.2 Å². The predicted molar refractivity (Wildman–Crippen MR) is 68.9 cm³/mol. The Balaban J connectivity index is 2.07. The molecule has 0 aromatic heterocycles. The predicted octanol–water partition coefficient (Wildman–Crippen LogP) is 2.35. The molecule has 3 N–H and O–H groups in total. The summed E-state index contributed by atoms with van der Waals surface area (Å²) in [5.41, 5.74) is 1.47. The number of phenolic OH excluding ortho intramolecular Hbond substituents is 1. The quantitative estimate of drug-likeness (QED) is 0.685. The number of nitrogens with one attached hydrogen (secondary N) is 1. The number of hydrogen-bond donors (Lipinski definition) is 3. The zero-order chi connectivity index (χ0) is 13.4. The Hall–Kier alpha value is -2.53. The Kier molecular flexibility index (Phi) is 2.61. The van der Waals surface area contributed by atoms with Crippen molar-refractivity contribution in [1.82, 2.24) is 5.06 Å². The van der Waals surface area contributed by atoms with Gasteiger partial charge in [0.15, 0.2) is 6.17 Å². The molecule has 0 saturated heterocycles. The smallest absolute Gasteiger partial charge is 0.281 e. The summed E-state index contributed by atoms with van der Waals surface area (Å²) in [6.07, 6.45) is -0.802. The normalized spacial score (nSPS) is 17.8. The Morgan fingerprint density at radius 1 is 1.05 bits per heavy atom. The van der Waals surface area contributed by atoms with Gasteiger partial charge in [-0.15, -0.1) is 0 Å². The first kappa shape index (κ1) is 11.6. The zero-order valence-corrected chi connectivity index (χ0v) is 9.95. The summed E-state index contributed by atoms with van der Waals surface area (Å²) >= 11 is 0. The molecule has 1 aliphatic rings. The summed E-state index contributed by atoms with van der Waals surface area (Å²) in [6.45, 7) is 0. The van der Waals surface area contributed by atoms with E-state index in [9.17, 15) is 15.1 Å². The second kappa shape index (κ2) is 4.29. The highest BCUT2D eigenvalue weighted by molar-refractivity contribution is 6.01. The number of fused-ring (bicyclic) bond motifs is 1. The van der Waals surface area contributed by atoms with Crippen molar-refractivity contribution in [3.05, 3.63) is 59.7 Å². The Morgan fingerprint density at radius 2 is 1.74 bits per heavy atom. The third-order valence-electron chi connectivity index (χ3n) is 3.13. The van der Waals surface area contributed by atoms with Crippen LogP contribution in [0.1, 0.15) is 22.1 Å². The van der Waals surface area contributed by atoms with E-state index in [1.54, 1.807) is 42.5 Å². The first-order chi connectivity index (χ1) is 9.18. The third-order valence-corrected chi connectivity index (χ3v) is 3.13. The van der Waals surface area contributed by atoms with Gasteiger partial charge in [-0.3, -0.25) is 10.0 Å². The van der Waals surface area contributed by atoms with Crippen LogP contribution in [0.2, 0.25) is 0 Å². The van der Waals surface area contributed by atoms with Gasteiger partial charge in [-0.1, -0.05) is 30.3 Å². The fourth-order valence-corrected chi connectivity index (χ4v) is 2.17. The number of phenols is 1. The Bertz CT molecular complexity index is 642. The van der Waals surface area contributed by atoms with Crippen molar-refractivity contribution in [3.8, 4) is 5.75 Å². The van der Waals surface area contributed by atoms with Gasteiger partial charge in [0, 0.05) is 11.3 Å². The average Bonchev–Trinajstić information content (AvgIpc) is 2.44. The first-order valence-corrected chi connectivity index (χ1v) is 5.84. The molecule has 0 bridgehead atoms. The number of anilines is 1. The maximum atomic E-state index is 12.1. The molecule has 0 radical (unpaired) electrons. The second-order valence-electron chi connectivity index (χ2n) is 4.30. The molecule has 1 aliphatic heterocycles. The molecule has 0 saturated carbocycles. The first-order valence-electron chi connectivity index (χ1n) is 5.84. The van der Waals surface area contributed by atoms with Crippen LogP contribution >= 0.6 is 0 Å². The van der Waals surface area contributed by atoms with Crippen LogP contribution in [0.25, 0.3) is 0 Å². The van der Waals surface area contributed by atoms with E-state index in [0.29, 0.717) is 21.9 Å². The fourth-order valence-electron chi connectivity index (χ4n) is 2.17. The summed E-state index contributed by atoms with van der Waals surface area (Å²) in [4.78, 5) is 12.1. The molecule has 3 rings (SSSR count). The fraction of sp³-hybridized carbons (Fsp3) is 0.0714. The van der Waals surface area contributed by atoms with Crippen LogP contribution in [0.5, 0.6) is 5.75 Å². The van der Waals surface area contributed by atoms with E-state index < -0.39 is 12.1 Å². The number of nitrogens with zero attached hydrogens (tertiary/aromatic N) is 1. The lowest BCUT2D eigenvalue weighted by atomic mass is 10.0. The number of amides is 1. The van der Waals surface area contributed by atoms with E-state index in [1.165, 1.54) is 6.07 Å². The molecule has 1 amide bonds. The van der Waals surface area contributed by atoms with Crippen molar-refractivity contribution >= 4 is 11.6 Å². The van der Waals surface area contributed by atoms with E-state index in [4.69, 9.17) is 0 Å². The summed E-state index contributed by atoms with van der Waals surface area (Å²) < 4.78 is 0. The molecule has 5 heteroatoms. The zero-order valence-electron chi connectivity index (χ0n) is 9.95. The third kappa shape index (κ3) is 1.80. The topological polar surface area (TPSA) is 72.8 Å². The molecule has 5 nitrogen and oxygen atoms in total. The van der Waals surface area contributed by atoms with Gasteiger partial charge in [-0.25, -0.2) is 0 Å². The van der Waals surface area contributed by atoms with Crippen molar-refractivity contribution in [2.24, 2.45) is 0 Å². The molecule has 0 fully saturated rings. The lowest BCUT2D eigenvalue weighted by molar-refractivity contribution is -0.0855. The van der Waals surface area contributed by atoms with E-state index in [0.717, 1.165) is 0 Å². The molecule has 2 aromatic rings. The minimum Gasteiger partial charge on any atom is -0.508 e. The number of carbonyl (C=O) groups is 1. The molecule has 0 spiro atoms. The van der Waals surface area contributed by atoms with E-state index in [1.807, 2.05) is 0 Å². The lowest BCUT2D eigenvalue weighted by Gasteiger charge is -2.33. The second-order valence-corrected chi connectivity index (χ2v) is 4.30. The van der Waals surface area contributed by atoms with Crippen molar-refractivity contribution in [3.63, 3.8) is 0 Å². The van der Waals surface area contributed by atoms with Crippen LogP contribution in [0, 0.1) is 0 Å². The highest BCUT2D eigenvalue weighted by Gasteiger charge is 2.33. The number of hydroxylamine groups is 2. The molecule has 1 atom stereocenters. The van der Waals surface area contributed by atoms with E-state index in [2.05, 4.69) is 5.32 Å². The number of rotatable bonds is 1. The number of aromatic hydroxyl groups is 1. The highest BCUT2D eigenvalue weighted by Crippen LogP contribution is 2.34.